The minimum atomic E-state index is -0.810. The number of benzene rings is 1. The molecule has 1 heterocycles. The minimum Gasteiger partial charge on any atom is -0.632 e. The van der Waals surface area contributed by atoms with Crippen LogP contribution < -0.4 is 5.32 Å². The third kappa shape index (κ3) is 3.23. The number of carbonyl (C=O) groups is 2. The van der Waals surface area contributed by atoms with Crippen LogP contribution in [-0.2, 0) is 14.3 Å². The molecule has 0 saturated carbocycles. The highest BCUT2D eigenvalue weighted by Crippen LogP contribution is 2.45. The molecule has 1 N–H and O–H groups in total. The maximum atomic E-state index is 13.5. The van der Waals surface area contributed by atoms with E-state index in [-0.39, 0.29) is 24.4 Å². The molecule has 6 heteroatoms. The first-order chi connectivity index (χ1) is 10.8. The topological polar surface area (TPSA) is 78.5 Å². The lowest BCUT2D eigenvalue weighted by molar-refractivity contribution is -0.973. The van der Waals surface area contributed by atoms with Gasteiger partial charge >= 0.3 is 5.97 Å². The van der Waals surface area contributed by atoms with Crippen molar-refractivity contribution in [3.05, 3.63) is 41.1 Å². The summed E-state index contributed by atoms with van der Waals surface area (Å²) in [6.45, 7) is 5.28. The first-order valence-electron chi connectivity index (χ1n) is 7.79. The van der Waals surface area contributed by atoms with Gasteiger partial charge in [0.1, 0.15) is 18.6 Å². The summed E-state index contributed by atoms with van der Waals surface area (Å²) in [5.74, 6) is -0.844. The second-order valence-electron chi connectivity index (χ2n) is 6.41. The van der Waals surface area contributed by atoms with Gasteiger partial charge in [-0.15, -0.1) is 0 Å². The average molecular weight is 320 g/mol. The minimum absolute atomic E-state index is 0.163. The fraction of sp³-hybridized carbons (Fsp3) is 0.529. The second-order valence-corrected chi connectivity index (χ2v) is 6.41. The zero-order valence-corrected chi connectivity index (χ0v) is 14.0. The Morgan fingerprint density at radius 2 is 1.91 bits per heavy atom. The standard InChI is InChI=1S/C17H24N2O4/c1-11(2)15(17(21)23-4)19(22)10-14(18-12(3)20)16(19)13-8-6-5-7-9-13/h5-9,11,14-16H,10H2,1-4H3,(H,18,20). The van der Waals surface area contributed by atoms with Crippen LogP contribution in [0.2, 0.25) is 0 Å². The maximum Gasteiger partial charge on any atom is 0.365 e. The summed E-state index contributed by atoms with van der Waals surface area (Å²) in [6, 6.07) is 7.70. The van der Waals surface area contributed by atoms with Gasteiger partial charge in [0.25, 0.3) is 0 Å². The molecule has 23 heavy (non-hydrogen) atoms. The van der Waals surface area contributed by atoms with Gasteiger partial charge in [0.2, 0.25) is 5.91 Å². The van der Waals surface area contributed by atoms with E-state index in [4.69, 9.17) is 4.74 Å². The zero-order chi connectivity index (χ0) is 17.2. The lowest BCUT2D eigenvalue weighted by Gasteiger charge is -2.63. The molecule has 0 radical (unpaired) electrons. The van der Waals surface area contributed by atoms with Crippen molar-refractivity contribution in [2.75, 3.05) is 13.7 Å². The van der Waals surface area contributed by atoms with E-state index in [1.54, 1.807) is 0 Å². The van der Waals surface area contributed by atoms with Crippen molar-refractivity contribution in [3.8, 4) is 0 Å². The molecule has 126 valence electrons. The van der Waals surface area contributed by atoms with Crippen LogP contribution in [-0.4, -0.2) is 42.3 Å². The fourth-order valence-electron chi connectivity index (χ4n) is 3.57. The van der Waals surface area contributed by atoms with E-state index in [9.17, 15) is 14.8 Å². The Labute approximate surface area is 136 Å². The first kappa shape index (κ1) is 17.4. The predicted molar refractivity (Wildman–Crippen MR) is 85.9 cm³/mol. The highest BCUT2D eigenvalue weighted by Gasteiger charge is 2.57. The number of nitrogens with zero attached hydrogens (tertiary/aromatic N) is 1. The van der Waals surface area contributed by atoms with Crippen molar-refractivity contribution >= 4 is 11.9 Å². The number of nitrogens with one attached hydrogen (secondary N) is 1. The van der Waals surface area contributed by atoms with E-state index in [1.807, 2.05) is 44.2 Å². The number of rotatable bonds is 5. The molecule has 6 nitrogen and oxygen atoms in total. The molecule has 1 aliphatic heterocycles. The van der Waals surface area contributed by atoms with Gasteiger partial charge in [-0.05, 0) is 0 Å². The van der Waals surface area contributed by atoms with E-state index in [2.05, 4.69) is 5.32 Å². The van der Waals surface area contributed by atoms with Gasteiger partial charge in [-0.3, -0.25) is 4.79 Å². The van der Waals surface area contributed by atoms with Crippen molar-refractivity contribution in [1.29, 1.82) is 0 Å². The number of carbonyl (C=O) groups excluding carboxylic acids is 2. The zero-order valence-electron chi connectivity index (χ0n) is 14.0. The van der Waals surface area contributed by atoms with Crippen LogP contribution in [0.1, 0.15) is 32.4 Å². The normalized spacial score (nSPS) is 27.9. The van der Waals surface area contributed by atoms with Gasteiger partial charge in [0.05, 0.1) is 7.11 Å². The number of likely N-dealkylation sites (tertiary alicyclic amines) is 1. The molecule has 0 aromatic heterocycles. The van der Waals surface area contributed by atoms with Crippen molar-refractivity contribution in [3.63, 3.8) is 0 Å². The van der Waals surface area contributed by atoms with Gasteiger partial charge in [0.15, 0.2) is 6.04 Å². The quantitative estimate of drug-likeness (QED) is 0.509. The number of hydroxylamine groups is 3. The first-order valence-corrected chi connectivity index (χ1v) is 7.79. The highest BCUT2D eigenvalue weighted by atomic mass is 16.6. The number of esters is 1. The molecular weight excluding hydrogens is 296 g/mol. The van der Waals surface area contributed by atoms with Crippen molar-refractivity contribution in [2.45, 2.75) is 38.9 Å². The summed E-state index contributed by atoms with van der Waals surface area (Å²) in [6.07, 6.45) is 0. The Morgan fingerprint density at radius 1 is 1.30 bits per heavy atom. The van der Waals surface area contributed by atoms with Crippen molar-refractivity contribution < 1.29 is 19.0 Å². The van der Waals surface area contributed by atoms with Gasteiger partial charge in [-0.2, -0.15) is 0 Å². The van der Waals surface area contributed by atoms with Crippen LogP contribution in [0.5, 0.6) is 0 Å². The third-order valence-electron chi connectivity index (χ3n) is 4.41. The van der Waals surface area contributed by atoms with E-state index < -0.39 is 22.7 Å². The van der Waals surface area contributed by atoms with Crippen molar-refractivity contribution in [1.82, 2.24) is 5.32 Å². The third-order valence-corrected chi connectivity index (χ3v) is 4.41. The summed E-state index contributed by atoms with van der Waals surface area (Å²) in [7, 11) is 1.30. The molecule has 4 unspecified atom stereocenters. The second kappa shape index (κ2) is 6.68. The molecule has 1 aromatic rings. The van der Waals surface area contributed by atoms with Crippen LogP contribution in [0, 0.1) is 11.1 Å². The molecule has 0 spiro atoms. The molecule has 1 saturated heterocycles. The Kier molecular flexibility index (Phi) is 5.06. The molecular formula is C17H24N2O4. The molecule has 2 rings (SSSR count). The molecule has 1 amide bonds. The molecule has 1 aromatic carbocycles. The summed E-state index contributed by atoms with van der Waals surface area (Å²) < 4.78 is 4.16. The Morgan fingerprint density at radius 3 is 2.39 bits per heavy atom. The molecule has 1 fully saturated rings. The Bertz CT molecular complexity index is 575. The van der Waals surface area contributed by atoms with Crippen LogP contribution in [0.25, 0.3) is 0 Å². The van der Waals surface area contributed by atoms with Crippen LogP contribution in [0.15, 0.2) is 30.3 Å². The number of amides is 1. The number of ether oxygens (including phenoxy) is 1. The largest absolute Gasteiger partial charge is 0.632 e. The lowest BCUT2D eigenvalue weighted by Crippen LogP contribution is -2.75. The maximum absolute atomic E-state index is 13.5. The van der Waals surface area contributed by atoms with Gasteiger partial charge < -0.3 is 19.9 Å². The summed E-state index contributed by atoms with van der Waals surface area (Å²) in [5.41, 5.74) is 0.821. The number of hydrogen-bond donors (Lipinski definition) is 1. The van der Waals surface area contributed by atoms with E-state index in [0.717, 1.165) is 5.56 Å². The monoisotopic (exact) mass is 320 g/mol. The van der Waals surface area contributed by atoms with Crippen LogP contribution in [0.4, 0.5) is 0 Å². The van der Waals surface area contributed by atoms with E-state index >= 15 is 0 Å². The Balaban J connectivity index is 2.39. The average Bonchev–Trinajstić information content (AvgIpc) is 2.46. The number of quaternary nitrogens is 1. The predicted octanol–water partition coefficient (Wildman–Crippen LogP) is 1.76. The molecule has 0 bridgehead atoms. The van der Waals surface area contributed by atoms with Crippen LogP contribution in [0.3, 0.4) is 0 Å². The smallest absolute Gasteiger partial charge is 0.365 e. The highest BCUT2D eigenvalue weighted by molar-refractivity contribution is 5.75. The number of methoxy groups -OCH3 is 1. The summed E-state index contributed by atoms with van der Waals surface area (Å²) in [5, 5.41) is 16.3. The summed E-state index contributed by atoms with van der Waals surface area (Å²) in [4.78, 5) is 23.6. The van der Waals surface area contributed by atoms with Gasteiger partial charge in [-0.25, -0.2) is 4.79 Å². The van der Waals surface area contributed by atoms with E-state index in [0.29, 0.717) is 0 Å². The van der Waals surface area contributed by atoms with E-state index in [1.165, 1.54) is 14.0 Å². The SMILES string of the molecule is COC(=O)C(C(C)C)[N+]1([O-])CC(NC(C)=O)C1c1ccccc1. The van der Waals surface area contributed by atoms with Gasteiger partial charge in [-0.1, -0.05) is 44.2 Å². The van der Waals surface area contributed by atoms with Crippen molar-refractivity contribution in [2.24, 2.45) is 5.92 Å². The van der Waals surface area contributed by atoms with Crippen LogP contribution >= 0.6 is 0 Å². The Hall–Kier alpha value is -1.92. The lowest BCUT2D eigenvalue weighted by atomic mass is 9.84. The fourth-order valence-corrected chi connectivity index (χ4v) is 3.57. The number of hydrogen-bond acceptors (Lipinski definition) is 4. The summed E-state index contributed by atoms with van der Waals surface area (Å²) >= 11 is 0. The molecule has 4 atom stereocenters. The molecule has 1 aliphatic rings. The molecule has 0 aliphatic carbocycles. The van der Waals surface area contributed by atoms with Gasteiger partial charge in [0, 0.05) is 18.4 Å².